The van der Waals surface area contributed by atoms with Gasteiger partial charge in [0.2, 0.25) is 0 Å². The Labute approximate surface area is 113 Å². The van der Waals surface area contributed by atoms with E-state index in [9.17, 15) is 4.79 Å². The first-order valence-corrected chi connectivity index (χ1v) is 6.68. The zero-order valence-electron chi connectivity index (χ0n) is 11.0. The number of hydrogen-bond acceptors (Lipinski definition) is 2. The van der Waals surface area contributed by atoms with Crippen LogP contribution in [-0.4, -0.2) is 12.4 Å². The molecule has 2 heteroatoms. The van der Waals surface area contributed by atoms with Crippen molar-refractivity contribution in [1.29, 1.82) is 0 Å². The van der Waals surface area contributed by atoms with Gasteiger partial charge in [-0.05, 0) is 30.5 Å². The van der Waals surface area contributed by atoms with Gasteiger partial charge in [-0.1, -0.05) is 36.4 Å². The van der Waals surface area contributed by atoms with Crippen LogP contribution in [0.1, 0.15) is 29.3 Å². The van der Waals surface area contributed by atoms with Crippen molar-refractivity contribution in [3.05, 3.63) is 53.6 Å². The van der Waals surface area contributed by atoms with Crippen molar-refractivity contribution in [1.82, 2.24) is 0 Å². The second-order valence-corrected chi connectivity index (χ2v) is 4.72. The van der Waals surface area contributed by atoms with E-state index in [1.807, 2.05) is 37.3 Å². The molecule has 2 aromatic rings. The fourth-order valence-corrected chi connectivity index (χ4v) is 2.61. The van der Waals surface area contributed by atoms with Crippen LogP contribution in [0.15, 0.2) is 42.5 Å². The molecule has 0 radical (unpaired) electrons. The summed E-state index contributed by atoms with van der Waals surface area (Å²) >= 11 is 0. The van der Waals surface area contributed by atoms with Crippen molar-refractivity contribution in [2.45, 2.75) is 19.8 Å². The molecular formula is C17H16O2. The van der Waals surface area contributed by atoms with Crippen molar-refractivity contribution in [3.8, 4) is 16.9 Å². The van der Waals surface area contributed by atoms with Gasteiger partial charge in [0, 0.05) is 17.5 Å². The van der Waals surface area contributed by atoms with E-state index in [2.05, 4.69) is 12.1 Å². The highest BCUT2D eigenvalue weighted by Crippen LogP contribution is 2.33. The van der Waals surface area contributed by atoms with Crippen LogP contribution in [0, 0.1) is 0 Å². The number of ether oxygens (including phenoxy) is 1. The van der Waals surface area contributed by atoms with Crippen molar-refractivity contribution in [3.63, 3.8) is 0 Å². The van der Waals surface area contributed by atoms with Crippen LogP contribution in [-0.2, 0) is 6.42 Å². The maximum atomic E-state index is 11.7. The molecule has 0 atom stereocenters. The molecule has 0 aliphatic heterocycles. The smallest absolute Gasteiger partial charge is 0.163 e. The summed E-state index contributed by atoms with van der Waals surface area (Å²) in [6.07, 6.45) is 1.50. The SMILES string of the molecule is CCOc1ccccc1-c1ccc2c(c1)CCC2=O. The summed E-state index contributed by atoms with van der Waals surface area (Å²) in [7, 11) is 0. The largest absolute Gasteiger partial charge is 0.493 e. The van der Waals surface area contributed by atoms with Gasteiger partial charge in [-0.2, -0.15) is 0 Å². The fourth-order valence-electron chi connectivity index (χ4n) is 2.61. The molecule has 1 aliphatic rings. The van der Waals surface area contributed by atoms with Gasteiger partial charge in [0.05, 0.1) is 6.61 Å². The number of carbonyl (C=O) groups excluding carboxylic acids is 1. The third-order valence-electron chi connectivity index (χ3n) is 3.52. The van der Waals surface area contributed by atoms with E-state index < -0.39 is 0 Å². The Hall–Kier alpha value is -2.09. The zero-order chi connectivity index (χ0) is 13.2. The predicted molar refractivity (Wildman–Crippen MR) is 75.7 cm³/mol. The van der Waals surface area contributed by atoms with E-state index >= 15 is 0 Å². The summed E-state index contributed by atoms with van der Waals surface area (Å²) in [5, 5.41) is 0. The number of rotatable bonds is 3. The number of carbonyl (C=O) groups is 1. The molecule has 0 aromatic heterocycles. The Kier molecular flexibility index (Phi) is 3.08. The molecule has 0 bridgehead atoms. The van der Waals surface area contributed by atoms with E-state index in [1.165, 1.54) is 0 Å². The topological polar surface area (TPSA) is 26.3 Å². The van der Waals surface area contributed by atoms with Crippen LogP contribution in [0.4, 0.5) is 0 Å². The average molecular weight is 252 g/mol. The molecule has 96 valence electrons. The van der Waals surface area contributed by atoms with E-state index in [-0.39, 0.29) is 5.78 Å². The first-order chi connectivity index (χ1) is 9.29. The number of aryl methyl sites for hydroxylation is 1. The maximum absolute atomic E-state index is 11.7. The lowest BCUT2D eigenvalue weighted by Gasteiger charge is -2.11. The normalized spacial score (nSPS) is 13.4. The molecule has 3 rings (SSSR count). The van der Waals surface area contributed by atoms with Crippen LogP contribution in [0.3, 0.4) is 0 Å². The molecular weight excluding hydrogens is 236 g/mol. The third kappa shape index (κ3) is 2.14. The average Bonchev–Trinajstić information content (AvgIpc) is 2.81. The summed E-state index contributed by atoms with van der Waals surface area (Å²) in [5.74, 6) is 1.16. The van der Waals surface area contributed by atoms with E-state index in [1.54, 1.807) is 0 Å². The quantitative estimate of drug-likeness (QED) is 0.828. The molecule has 0 fully saturated rings. The van der Waals surface area contributed by atoms with E-state index in [4.69, 9.17) is 4.74 Å². The number of benzene rings is 2. The molecule has 0 unspecified atom stereocenters. The van der Waals surface area contributed by atoms with Crippen LogP contribution in [0.25, 0.3) is 11.1 Å². The fraction of sp³-hybridized carbons (Fsp3) is 0.235. The number of hydrogen-bond donors (Lipinski definition) is 0. The standard InChI is InChI=1S/C17H16O2/c1-2-19-17-6-4-3-5-15(17)13-7-9-14-12(11-13)8-10-16(14)18/h3-7,9,11H,2,8,10H2,1H3. The Balaban J connectivity index is 2.06. The van der Waals surface area contributed by atoms with Crippen LogP contribution in [0.5, 0.6) is 5.75 Å². The highest BCUT2D eigenvalue weighted by molar-refractivity contribution is 6.01. The van der Waals surface area contributed by atoms with Gasteiger partial charge in [-0.25, -0.2) is 0 Å². The van der Waals surface area contributed by atoms with Crippen LogP contribution < -0.4 is 4.74 Å². The van der Waals surface area contributed by atoms with Gasteiger partial charge in [0.15, 0.2) is 5.78 Å². The molecule has 1 aliphatic carbocycles. The van der Waals surface area contributed by atoms with Crippen molar-refractivity contribution >= 4 is 5.78 Å². The molecule has 0 saturated heterocycles. The lowest BCUT2D eigenvalue weighted by atomic mass is 10.00. The summed E-state index contributed by atoms with van der Waals surface area (Å²) < 4.78 is 5.66. The van der Waals surface area contributed by atoms with Crippen molar-refractivity contribution in [2.24, 2.45) is 0 Å². The second-order valence-electron chi connectivity index (χ2n) is 4.72. The molecule has 2 nitrogen and oxygen atoms in total. The molecule has 0 heterocycles. The Morgan fingerprint density at radius 1 is 1.05 bits per heavy atom. The Bertz CT molecular complexity index is 629. The minimum absolute atomic E-state index is 0.264. The van der Waals surface area contributed by atoms with Crippen molar-refractivity contribution in [2.75, 3.05) is 6.61 Å². The molecule has 0 saturated carbocycles. The van der Waals surface area contributed by atoms with Crippen molar-refractivity contribution < 1.29 is 9.53 Å². The molecule has 19 heavy (non-hydrogen) atoms. The van der Waals surface area contributed by atoms with Gasteiger partial charge in [-0.3, -0.25) is 4.79 Å². The Morgan fingerprint density at radius 3 is 2.74 bits per heavy atom. The number of Topliss-reactive ketones (excluding diaryl/α,β-unsaturated/α-hetero) is 1. The monoisotopic (exact) mass is 252 g/mol. The summed E-state index contributed by atoms with van der Waals surface area (Å²) in [6, 6.07) is 14.1. The second kappa shape index (κ2) is 4.88. The van der Waals surface area contributed by atoms with E-state index in [0.29, 0.717) is 13.0 Å². The minimum Gasteiger partial charge on any atom is -0.493 e. The van der Waals surface area contributed by atoms with Gasteiger partial charge < -0.3 is 4.74 Å². The molecule has 0 spiro atoms. The minimum atomic E-state index is 0.264. The van der Waals surface area contributed by atoms with Gasteiger partial charge in [0.1, 0.15) is 5.75 Å². The molecule has 2 aromatic carbocycles. The summed E-state index contributed by atoms with van der Waals surface area (Å²) in [6.45, 7) is 2.64. The molecule has 0 N–H and O–H groups in total. The predicted octanol–water partition coefficient (Wildman–Crippen LogP) is 3.88. The Morgan fingerprint density at radius 2 is 1.89 bits per heavy atom. The zero-order valence-corrected chi connectivity index (χ0v) is 11.0. The third-order valence-corrected chi connectivity index (χ3v) is 3.52. The van der Waals surface area contributed by atoms with Gasteiger partial charge >= 0.3 is 0 Å². The van der Waals surface area contributed by atoms with Gasteiger partial charge in [0.25, 0.3) is 0 Å². The first kappa shape index (κ1) is 12.0. The maximum Gasteiger partial charge on any atom is 0.163 e. The first-order valence-electron chi connectivity index (χ1n) is 6.68. The lowest BCUT2D eigenvalue weighted by Crippen LogP contribution is -1.95. The highest BCUT2D eigenvalue weighted by atomic mass is 16.5. The van der Waals surface area contributed by atoms with Gasteiger partial charge in [-0.15, -0.1) is 0 Å². The van der Waals surface area contributed by atoms with Crippen LogP contribution >= 0.6 is 0 Å². The number of para-hydroxylation sites is 1. The lowest BCUT2D eigenvalue weighted by molar-refractivity contribution is 0.0994. The number of fused-ring (bicyclic) bond motifs is 1. The summed E-state index contributed by atoms with van der Waals surface area (Å²) in [4.78, 5) is 11.7. The van der Waals surface area contributed by atoms with Crippen LogP contribution in [0.2, 0.25) is 0 Å². The van der Waals surface area contributed by atoms with E-state index in [0.717, 1.165) is 34.4 Å². The molecule has 0 amide bonds. The highest BCUT2D eigenvalue weighted by Gasteiger charge is 2.19. The summed E-state index contributed by atoms with van der Waals surface area (Å²) in [5.41, 5.74) is 4.26. The number of ketones is 1.